The highest BCUT2D eigenvalue weighted by Gasteiger charge is 2.14. The van der Waals surface area contributed by atoms with Gasteiger partial charge in [-0.05, 0) is 24.6 Å². The van der Waals surface area contributed by atoms with Crippen LogP contribution in [0.4, 0.5) is 20.2 Å². The predicted molar refractivity (Wildman–Crippen MR) is 80.2 cm³/mol. The maximum absolute atomic E-state index is 12.6. The lowest BCUT2D eigenvalue weighted by Crippen LogP contribution is -2.15. The first kappa shape index (κ1) is 15.8. The van der Waals surface area contributed by atoms with Gasteiger partial charge in [-0.1, -0.05) is 19.1 Å². The normalized spacial score (nSPS) is 10.5. The molecule has 2 rings (SSSR count). The minimum absolute atomic E-state index is 0.0376. The molecule has 0 fully saturated rings. The second-order valence-electron chi connectivity index (χ2n) is 4.60. The van der Waals surface area contributed by atoms with E-state index < -0.39 is 18.0 Å². The van der Waals surface area contributed by atoms with Crippen LogP contribution in [-0.4, -0.2) is 22.6 Å². The van der Waals surface area contributed by atoms with Crippen molar-refractivity contribution in [2.24, 2.45) is 0 Å². The van der Waals surface area contributed by atoms with Crippen molar-refractivity contribution >= 4 is 17.3 Å². The van der Waals surface area contributed by atoms with Gasteiger partial charge in [-0.25, -0.2) is 8.78 Å². The molecule has 5 nitrogen and oxygen atoms in total. The molecule has 0 aliphatic carbocycles. The monoisotopic (exact) mass is 306 g/mol. The Labute approximate surface area is 126 Å². The van der Waals surface area contributed by atoms with Crippen LogP contribution in [-0.2, 0) is 0 Å². The Morgan fingerprint density at radius 2 is 2.00 bits per heavy atom. The van der Waals surface area contributed by atoms with Crippen molar-refractivity contribution in [3.05, 3.63) is 47.8 Å². The Kier molecular flexibility index (Phi) is 5.35. The third kappa shape index (κ3) is 3.97. The molecule has 0 saturated heterocycles. The van der Waals surface area contributed by atoms with Crippen molar-refractivity contribution in [3.63, 3.8) is 0 Å². The quantitative estimate of drug-likeness (QED) is 0.857. The Bertz CT molecular complexity index is 649. The molecule has 0 aliphatic rings. The van der Waals surface area contributed by atoms with Gasteiger partial charge in [0.25, 0.3) is 12.3 Å². The topological polar surface area (TPSA) is 66.9 Å². The molecular formula is C15H16F2N4O. The number of hydrogen-bond acceptors (Lipinski definition) is 4. The van der Waals surface area contributed by atoms with E-state index >= 15 is 0 Å². The number of aromatic nitrogens is 2. The fourth-order valence-corrected chi connectivity index (χ4v) is 1.81. The summed E-state index contributed by atoms with van der Waals surface area (Å²) in [6, 6.07) is 8.23. The summed E-state index contributed by atoms with van der Waals surface area (Å²) >= 11 is 0. The van der Waals surface area contributed by atoms with E-state index in [2.05, 4.69) is 20.8 Å². The van der Waals surface area contributed by atoms with Gasteiger partial charge in [0.2, 0.25) is 0 Å². The number of carbonyl (C=O) groups excluding carboxylic acids is 1. The van der Waals surface area contributed by atoms with Gasteiger partial charge in [0, 0.05) is 6.54 Å². The van der Waals surface area contributed by atoms with E-state index in [0.29, 0.717) is 5.69 Å². The summed E-state index contributed by atoms with van der Waals surface area (Å²) in [6.07, 6.45) is -0.670. The second-order valence-corrected chi connectivity index (χ2v) is 4.60. The zero-order valence-electron chi connectivity index (χ0n) is 12.0. The minimum atomic E-state index is -2.77. The summed E-state index contributed by atoms with van der Waals surface area (Å²) in [6.45, 7) is 2.79. The fourth-order valence-electron chi connectivity index (χ4n) is 1.81. The molecule has 22 heavy (non-hydrogen) atoms. The standard InChI is InChI=1S/C15H16F2N4O/c1-2-7-18-11-5-3-4-6-12(11)20-15(22)10-8-13(14(16)17)21-19-9-10/h3-6,8-9,14,18H,2,7H2,1H3,(H,20,22). The smallest absolute Gasteiger partial charge is 0.282 e. The van der Waals surface area contributed by atoms with E-state index in [4.69, 9.17) is 0 Å². The summed E-state index contributed by atoms with van der Waals surface area (Å²) in [5.74, 6) is -0.512. The Morgan fingerprint density at radius 3 is 2.68 bits per heavy atom. The van der Waals surface area contributed by atoms with Crippen LogP contribution in [0.1, 0.15) is 35.8 Å². The number of nitrogens with zero attached hydrogens (tertiary/aromatic N) is 2. The fraction of sp³-hybridized carbons (Fsp3) is 0.267. The van der Waals surface area contributed by atoms with E-state index in [9.17, 15) is 13.6 Å². The Balaban J connectivity index is 2.17. The second kappa shape index (κ2) is 7.44. The summed E-state index contributed by atoms with van der Waals surface area (Å²) in [5, 5.41) is 12.6. The highest BCUT2D eigenvalue weighted by molar-refractivity contribution is 6.05. The minimum Gasteiger partial charge on any atom is -0.383 e. The maximum Gasteiger partial charge on any atom is 0.282 e. The summed E-state index contributed by atoms with van der Waals surface area (Å²) in [4.78, 5) is 12.2. The number of halogens is 2. The summed E-state index contributed by atoms with van der Waals surface area (Å²) in [7, 11) is 0. The van der Waals surface area contributed by atoms with Crippen molar-refractivity contribution in [3.8, 4) is 0 Å². The maximum atomic E-state index is 12.6. The molecule has 116 valence electrons. The van der Waals surface area contributed by atoms with Gasteiger partial charge in [0.05, 0.1) is 23.1 Å². The van der Waals surface area contributed by atoms with Crippen molar-refractivity contribution in [2.75, 3.05) is 17.2 Å². The van der Waals surface area contributed by atoms with E-state index in [-0.39, 0.29) is 5.56 Å². The molecule has 0 aliphatic heterocycles. The lowest BCUT2D eigenvalue weighted by molar-refractivity contribution is 0.102. The first-order valence-electron chi connectivity index (χ1n) is 6.87. The third-order valence-electron chi connectivity index (χ3n) is 2.90. The summed E-state index contributed by atoms with van der Waals surface area (Å²) < 4.78 is 25.2. The molecule has 0 spiro atoms. The van der Waals surface area contributed by atoms with Gasteiger partial charge in [-0.2, -0.15) is 5.10 Å². The number of amides is 1. The molecule has 0 unspecified atom stereocenters. The van der Waals surface area contributed by atoms with Crippen LogP contribution in [0.25, 0.3) is 0 Å². The highest BCUT2D eigenvalue weighted by atomic mass is 19.3. The number of nitrogens with one attached hydrogen (secondary N) is 2. The zero-order valence-corrected chi connectivity index (χ0v) is 12.0. The molecule has 1 amide bonds. The van der Waals surface area contributed by atoms with Crippen molar-refractivity contribution < 1.29 is 13.6 Å². The van der Waals surface area contributed by atoms with Crippen LogP contribution in [0.5, 0.6) is 0 Å². The molecule has 0 atom stereocenters. The number of carbonyl (C=O) groups is 1. The molecule has 7 heteroatoms. The average molecular weight is 306 g/mol. The molecule has 1 heterocycles. The first-order valence-corrected chi connectivity index (χ1v) is 6.87. The highest BCUT2D eigenvalue weighted by Crippen LogP contribution is 2.22. The van der Waals surface area contributed by atoms with Gasteiger partial charge >= 0.3 is 0 Å². The van der Waals surface area contributed by atoms with E-state index in [1.165, 1.54) is 0 Å². The first-order chi connectivity index (χ1) is 10.6. The lowest BCUT2D eigenvalue weighted by Gasteiger charge is -2.12. The summed E-state index contributed by atoms with van der Waals surface area (Å²) in [5.41, 5.74) is 0.866. The molecular weight excluding hydrogens is 290 g/mol. The van der Waals surface area contributed by atoms with Gasteiger partial charge in [-0.15, -0.1) is 5.10 Å². The van der Waals surface area contributed by atoms with Crippen LogP contribution >= 0.6 is 0 Å². The number of para-hydroxylation sites is 2. The number of anilines is 2. The molecule has 1 aromatic heterocycles. The number of alkyl halides is 2. The van der Waals surface area contributed by atoms with Crippen LogP contribution in [0.2, 0.25) is 0 Å². The third-order valence-corrected chi connectivity index (χ3v) is 2.90. The number of benzene rings is 1. The van der Waals surface area contributed by atoms with Crippen LogP contribution < -0.4 is 10.6 Å². The zero-order chi connectivity index (χ0) is 15.9. The van der Waals surface area contributed by atoms with Gasteiger partial charge in [0.1, 0.15) is 5.69 Å². The largest absolute Gasteiger partial charge is 0.383 e. The number of rotatable bonds is 6. The van der Waals surface area contributed by atoms with Crippen LogP contribution in [0.15, 0.2) is 36.5 Å². The molecule has 1 aromatic carbocycles. The SMILES string of the molecule is CCCNc1ccccc1NC(=O)c1cnnc(C(F)F)c1. The number of hydrogen-bond donors (Lipinski definition) is 2. The van der Waals surface area contributed by atoms with Crippen molar-refractivity contribution in [2.45, 2.75) is 19.8 Å². The van der Waals surface area contributed by atoms with Crippen molar-refractivity contribution in [1.29, 1.82) is 0 Å². The van der Waals surface area contributed by atoms with Gasteiger partial charge < -0.3 is 10.6 Å². The van der Waals surface area contributed by atoms with E-state index in [0.717, 1.165) is 30.9 Å². The lowest BCUT2D eigenvalue weighted by atomic mass is 10.2. The average Bonchev–Trinajstić information content (AvgIpc) is 2.54. The Hall–Kier alpha value is -2.57. The molecule has 2 aromatic rings. The van der Waals surface area contributed by atoms with E-state index in [1.807, 2.05) is 19.1 Å². The molecule has 2 N–H and O–H groups in total. The Morgan fingerprint density at radius 1 is 1.27 bits per heavy atom. The van der Waals surface area contributed by atoms with Crippen molar-refractivity contribution in [1.82, 2.24) is 10.2 Å². The van der Waals surface area contributed by atoms with Crippen LogP contribution in [0, 0.1) is 0 Å². The predicted octanol–water partition coefficient (Wildman–Crippen LogP) is 3.49. The van der Waals surface area contributed by atoms with Gasteiger partial charge in [0.15, 0.2) is 0 Å². The molecule has 0 bridgehead atoms. The molecule has 0 radical (unpaired) electrons. The van der Waals surface area contributed by atoms with Gasteiger partial charge in [-0.3, -0.25) is 4.79 Å². The van der Waals surface area contributed by atoms with E-state index in [1.54, 1.807) is 12.1 Å². The molecule has 0 saturated carbocycles. The van der Waals surface area contributed by atoms with Crippen LogP contribution in [0.3, 0.4) is 0 Å².